The minimum atomic E-state index is -0.650. The molecule has 11 nitrogen and oxygen atoms in total. The van der Waals surface area contributed by atoms with E-state index in [4.69, 9.17) is 43.0 Å². The Kier molecular flexibility index (Phi) is 15.1. The highest BCUT2D eigenvalue weighted by Crippen LogP contribution is 2.45. The van der Waals surface area contributed by atoms with Crippen LogP contribution in [-0.2, 0) is 49.1 Å². The van der Waals surface area contributed by atoms with Gasteiger partial charge in [0, 0.05) is 38.1 Å². The Morgan fingerprint density at radius 3 is 2.15 bits per heavy atom. The van der Waals surface area contributed by atoms with Crippen LogP contribution in [0.1, 0.15) is 36.0 Å². The number of carbonyl (C=O) groups is 1. The highest BCUT2D eigenvalue weighted by molar-refractivity contribution is 5.92. The number of aliphatic hydroxyl groups excluding tert-OH is 1. The second-order valence-electron chi connectivity index (χ2n) is 11.8. The van der Waals surface area contributed by atoms with Gasteiger partial charge in [0.05, 0.1) is 79.3 Å². The highest BCUT2D eigenvalue weighted by atomic mass is 16.7. The molecule has 0 saturated carbocycles. The molecule has 1 fully saturated rings. The van der Waals surface area contributed by atoms with Gasteiger partial charge in [-0.15, -0.1) is 0 Å². The number of fused-ring (bicyclic) bond motifs is 3. The SMILES string of the molecule is CCO[C@@H]1OC(C(=O)N2CCOCCOCCOCCOCC2)=C[C@H](c2cccc3c2Cc2ccccc2-3)[C@@H]1CCOCCOCCO. The van der Waals surface area contributed by atoms with Gasteiger partial charge in [-0.05, 0) is 53.7 Å². The molecule has 1 amide bonds. The summed E-state index contributed by atoms with van der Waals surface area (Å²) in [5, 5.41) is 8.98. The van der Waals surface area contributed by atoms with Crippen molar-refractivity contribution in [3.05, 3.63) is 71.0 Å². The summed E-state index contributed by atoms with van der Waals surface area (Å²) in [5.74, 6) is -0.214. The van der Waals surface area contributed by atoms with Crippen LogP contribution in [0.5, 0.6) is 0 Å². The standard InChI is InChI=1S/C37H51NO10/c1-2-47-37-32(10-14-41-18-21-44-17-13-39)34(31-9-5-8-30-29-7-4-3-6-28(29)26-33(30)31)27-35(48-37)36(40)38-11-15-42-19-22-45-24-25-46-23-20-43-16-12-38/h3-9,27,32,34,37,39H,2,10-26H2,1H3/t32-,34+,37+/m0/s1. The summed E-state index contributed by atoms with van der Waals surface area (Å²) >= 11 is 0. The summed E-state index contributed by atoms with van der Waals surface area (Å²) in [6, 6.07) is 15.0. The van der Waals surface area contributed by atoms with Crippen LogP contribution in [0, 0.1) is 5.92 Å². The first-order valence-corrected chi connectivity index (χ1v) is 17.3. The Labute approximate surface area is 284 Å². The molecule has 1 saturated heterocycles. The molecule has 0 radical (unpaired) electrons. The van der Waals surface area contributed by atoms with E-state index in [2.05, 4.69) is 42.5 Å². The molecule has 2 aromatic carbocycles. The molecule has 5 rings (SSSR count). The number of benzene rings is 2. The van der Waals surface area contributed by atoms with Gasteiger partial charge in [0.25, 0.3) is 5.91 Å². The molecule has 2 heterocycles. The van der Waals surface area contributed by atoms with E-state index < -0.39 is 6.29 Å². The van der Waals surface area contributed by atoms with Crippen LogP contribution in [0.25, 0.3) is 11.1 Å². The van der Waals surface area contributed by atoms with E-state index in [1.54, 1.807) is 4.90 Å². The fourth-order valence-corrected chi connectivity index (χ4v) is 6.47. The number of amides is 1. The van der Waals surface area contributed by atoms with Crippen LogP contribution in [0.3, 0.4) is 0 Å². The van der Waals surface area contributed by atoms with Crippen LogP contribution < -0.4 is 0 Å². The molecule has 0 spiro atoms. The first-order valence-electron chi connectivity index (χ1n) is 17.3. The maximum atomic E-state index is 14.2. The van der Waals surface area contributed by atoms with E-state index in [9.17, 15) is 4.79 Å². The number of aliphatic hydroxyl groups is 1. The van der Waals surface area contributed by atoms with Crippen LogP contribution in [-0.4, -0.2) is 128 Å². The molecular weight excluding hydrogens is 618 g/mol. The van der Waals surface area contributed by atoms with E-state index in [-0.39, 0.29) is 36.7 Å². The van der Waals surface area contributed by atoms with Crippen molar-refractivity contribution in [2.24, 2.45) is 5.92 Å². The Morgan fingerprint density at radius 1 is 0.812 bits per heavy atom. The summed E-state index contributed by atoms with van der Waals surface area (Å²) in [4.78, 5) is 16.0. The lowest BCUT2D eigenvalue weighted by atomic mass is 9.78. The Bertz CT molecular complexity index is 1290. The van der Waals surface area contributed by atoms with Crippen LogP contribution in [0.2, 0.25) is 0 Å². The molecule has 1 aliphatic carbocycles. The van der Waals surface area contributed by atoms with Gasteiger partial charge in [-0.3, -0.25) is 4.79 Å². The van der Waals surface area contributed by atoms with E-state index >= 15 is 0 Å². The Morgan fingerprint density at radius 2 is 1.46 bits per heavy atom. The van der Waals surface area contributed by atoms with E-state index in [1.165, 1.54) is 27.8 Å². The van der Waals surface area contributed by atoms with Crippen molar-refractivity contribution >= 4 is 5.91 Å². The topological polar surface area (TPSA) is 114 Å². The molecule has 1 N–H and O–H groups in total. The number of hydrogen-bond acceptors (Lipinski definition) is 10. The van der Waals surface area contributed by atoms with Gasteiger partial charge >= 0.3 is 0 Å². The van der Waals surface area contributed by atoms with Crippen molar-refractivity contribution in [2.75, 3.05) is 106 Å². The van der Waals surface area contributed by atoms with Gasteiger partial charge in [0.15, 0.2) is 5.76 Å². The van der Waals surface area contributed by atoms with Crippen molar-refractivity contribution in [2.45, 2.75) is 32.0 Å². The molecular formula is C37H51NO10. The number of ether oxygens (including phenoxy) is 8. The number of nitrogens with zero attached hydrogens (tertiary/aromatic N) is 1. The zero-order valence-electron chi connectivity index (χ0n) is 28.1. The zero-order valence-corrected chi connectivity index (χ0v) is 28.1. The average molecular weight is 670 g/mol. The molecule has 0 bridgehead atoms. The highest BCUT2D eigenvalue weighted by Gasteiger charge is 2.40. The molecule has 2 aromatic rings. The quantitative estimate of drug-likeness (QED) is 0.287. The predicted molar refractivity (Wildman–Crippen MR) is 179 cm³/mol. The molecule has 0 unspecified atom stereocenters. The van der Waals surface area contributed by atoms with E-state index in [0.717, 1.165) is 6.42 Å². The largest absolute Gasteiger partial charge is 0.459 e. The van der Waals surface area contributed by atoms with Crippen molar-refractivity contribution in [3.8, 4) is 11.1 Å². The van der Waals surface area contributed by atoms with Gasteiger partial charge < -0.3 is 47.9 Å². The molecule has 48 heavy (non-hydrogen) atoms. The van der Waals surface area contributed by atoms with Gasteiger partial charge in [0.1, 0.15) is 0 Å². The molecule has 3 aliphatic rings. The second kappa shape index (κ2) is 20.0. The lowest BCUT2D eigenvalue weighted by Gasteiger charge is -2.38. The predicted octanol–water partition coefficient (Wildman–Crippen LogP) is 3.56. The third-order valence-electron chi connectivity index (χ3n) is 8.79. The van der Waals surface area contributed by atoms with Gasteiger partial charge in [-0.25, -0.2) is 0 Å². The van der Waals surface area contributed by atoms with Crippen molar-refractivity contribution in [1.29, 1.82) is 0 Å². The van der Waals surface area contributed by atoms with Crippen LogP contribution >= 0.6 is 0 Å². The molecule has 2 aliphatic heterocycles. The first kappa shape index (κ1) is 36.4. The van der Waals surface area contributed by atoms with Gasteiger partial charge in [-0.1, -0.05) is 42.5 Å². The lowest BCUT2D eigenvalue weighted by molar-refractivity contribution is -0.172. The van der Waals surface area contributed by atoms with Crippen molar-refractivity contribution < 1.29 is 47.8 Å². The summed E-state index contributed by atoms with van der Waals surface area (Å²) in [6.45, 7) is 8.24. The van der Waals surface area contributed by atoms with Gasteiger partial charge in [-0.2, -0.15) is 0 Å². The van der Waals surface area contributed by atoms with E-state index in [0.29, 0.717) is 98.8 Å². The number of hydrogen-bond donors (Lipinski definition) is 1. The van der Waals surface area contributed by atoms with Crippen LogP contribution in [0.4, 0.5) is 0 Å². The van der Waals surface area contributed by atoms with Gasteiger partial charge in [0.2, 0.25) is 6.29 Å². The molecule has 264 valence electrons. The summed E-state index contributed by atoms with van der Waals surface area (Å²) in [5.41, 5.74) is 6.22. The number of carbonyl (C=O) groups excluding carboxylic acids is 1. The summed E-state index contributed by atoms with van der Waals surface area (Å²) in [7, 11) is 0. The average Bonchev–Trinajstić information content (AvgIpc) is 3.49. The Balaban J connectivity index is 1.40. The fourth-order valence-electron chi connectivity index (χ4n) is 6.47. The normalized spacial score (nSPS) is 22.5. The maximum absolute atomic E-state index is 14.2. The van der Waals surface area contributed by atoms with Crippen molar-refractivity contribution in [3.63, 3.8) is 0 Å². The molecule has 0 aromatic heterocycles. The summed E-state index contributed by atoms with van der Waals surface area (Å²) < 4.78 is 46.7. The lowest BCUT2D eigenvalue weighted by Crippen LogP contribution is -2.43. The third kappa shape index (κ3) is 10.1. The van der Waals surface area contributed by atoms with Crippen molar-refractivity contribution in [1.82, 2.24) is 4.90 Å². The minimum absolute atomic E-state index is 0.0167. The maximum Gasteiger partial charge on any atom is 0.288 e. The summed E-state index contributed by atoms with van der Waals surface area (Å²) in [6.07, 6.45) is 2.82. The number of allylic oxidation sites excluding steroid dienone is 1. The molecule has 11 heteroatoms. The Hall–Kier alpha value is -2.87. The fraction of sp³-hybridized carbons (Fsp3) is 0.595. The van der Waals surface area contributed by atoms with E-state index in [1.807, 2.05) is 13.0 Å². The third-order valence-corrected chi connectivity index (χ3v) is 8.79. The first-order chi connectivity index (χ1) is 23.7. The second-order valence-corrected chi connectivity index (χ2v) is 11.8. The minimum Gasteiger partial charge on any atom is -0.459 e. The smallest absolute Gasteiger partial charge is 0.288 e. The number of rotatable bonds is 12. The zero-order chi connectivity index (χ0) is 33.4. The van der Waals surface area contributed by atoms with Crippen LogP contribution in [0.15, 0.2) is 54.3 Å². The monoisotopic (exact) mass is 669 g/mol. The molecule has 3 atom stereocenters.